The van der Waals surface area contributed by atoms with E-state index in [4.69, 9.17) is 5.84 Å². The van der Waals surface area contributed by atoms with Crippen LogP contribution >= 0.6 is 11.3 Å². The molecule has 0 aliphatic heterocycles. The van der Waals surface area contributed by atoms with Gasteiger partial charge in [0.05, 0.1) is 6.54 Å². The van der Waals surface area contributed by atoms with E-state index in [1.54, 1.807) is 11.6 Å². The van der Waals surface area contributed by atoms with Crippen molar-refractivity contribution in [3.05, 3.63) is 28.3 Å². The third-order valence-corrected chi connectivity index (χ3v) is 2.83. The summed E-state index contributed by atoms with van der Waals surface area (Å²) in [5.41, 5.74) is 0.926. The summed E-state index contributed by atoms with van der Waals surface area (Å²) in [5, 5.41) is 5.24. The van der Waals surface area contributed by atoms with Crippen LogP contribution in [0.5, 0.6) is 0 Å². The number of nitrogens with two attached hydrogens (primary N) is 1. The van der Waals surface area contributed by atoms with Crippen molar-refractivity contribution >= 4 is 23.1 Å². The topological polar surface area (TPSA) is 88.8 Å². The van der Waals surface area contributed by atoms with E-state index in [0.29, 0.717) is 0 Å². The van der Waals surface area contributed by atoms with E-state index in [0.717, 1.165) is 11.1 Å². The molecule has 0 spiro atoms. The molecule has 2 aromatic rings. The van der Waals surface area contributed by atoms with Crippen LogP contribution in [0.1, 0.15) is 10.7 Å². The fraction of sp³-hybridized carbons (Fsp3) is 0.222. The first-order chi connectivity index (χ1) is 8.99. The SMILES string of the molecule is NNc1nc(NCc2nccs2)cc(C(F)(F)F)n1. The number of hydrogen-bond donors (Lipinski definition) is 3. The van der Waals surface area contributed by atoms with E-state index >= 15 is 0 Å². The van der Waals surface area contributed by atoms with Gasteiger partial charge in [0.25, 0.3) is 0 Å². The van der Waals surface area contributed by atoms with Crippen LogP contribution < -0.4 is 16.6 Å². The fourth-order valence-corrected chi connectivity index (χ4v) is 1.81. The Morgan fingerprint density at radius 1 is 1.32 bits per heavy atom. The van der Waals surface area contributed by atoms with Gasteiger partial charge in [0.2, 0.25) is 5.95 Å². The number of halogens is 3. The maximum absolute atomic E-state index is 12.6. The number of nitrogen functional groups attached to an aromatic ring is 1. The van der Waals surface area contributed by atoms with Crippen molar-refractivity contribution in [2.75, 3.05) is 10.7 Å². The Kier molecular flexibility index (Phi) is 3.81. The second-order valence-electron chi connectivity index (χ2n) is 3.38. The van der Waals surface area contributed by atoms with Crippen LogP contribution in [0, 0.1) is 0 Å². The number of anilines is 2. The first-order valence-corrected chi connectivity index (χ1v) is 5.92. The lowest BCUT2D eigenvalue weighted by atomic mass is 10.4. The zero-order valence-electron chi connectivity index (χ0n) is 9.40. The number of aromatic nitrogens is 3. The van der Waals surface area contributed by atoms with Gasteiger partial charge in [-0.25, -0.2) is 15.8 Å². The Labute approximate surface area is 109 Å². The van der Waals surface area contributed by atoms with Crippen LogP contribution in [0.3, 0.4) is 0 Å². The molecule has 4 N–H and O–H groups in total. The van der Waals surface area contributed by atoms with Crippen LogP contribution in [0.25, 0.3) is 0 Å². The summed E-state index contributed by atoms with van der Waals surface area (Å²) in [7, 11) is 0. The molecule has 6 nitrogen and oxygen atoms in total. The molecule has 0 saturated heterocycles. The Morgan fingerprint density at radius 2 is 2.11 bits per heavy atom. The molecule has 0 amide bonds. The zero-order valence-corrected chi connectivity index (χ0v) is 10.2. The van der Waals surface area contributed by atoms with Crippen molar-refractivity contribution in [2.45, 2.75) is 12.7 Å². The number of hydrazine groups is 1. The highest BCUT2D eigenvalue weighted by molar-refractivity contribution is 7.09. The van der Waals surface area contributed by atoms with Gasteiger partial charge in [0.15, 0.2) is 5.69 Å². The summed E-state index contributed by atoms with van der Waals surface area (Å²) in [6.45, 7) is 0.274. The molecule has 0 fully saturated rings. The van der Waals surface area contributed by atoms with Crippen molar-refractivity contribution in [3.63, 3.8) is 0 Å². The molecule has 19 heavy (non-hydrogen) atoms. The number of thiazole rings is 1. The molecule has 0 radical (unpaired) electrons. The van der Waals surface area contributed by atoms with Crippen molar-refractivity contribution in [3.8, 4) is 0 Å². The highest BCUT2D eigenvalue weighted by atomic mass is 32.1. The smallest absolute Gasteiger partial charge is 0.363 e. The van der Waals surface area contributed by atoms with Crippen LogP contribution in [-0.2, 0) is 12.7 Å². The summed E-state index contributed by atoms with van der Waals surface area (Å²) >= 11 is 1.38. The van der Waals surface area contributed by atoms with Gasteiger partial charge in [-0.1, -0.05) is 0 Å². The quantitative estimate of drug-likeness (QED) is 0.588. The molecule has 0 aromatic carbocycles. The number of nitrogens with one attached hydrogen (secondary N) is 2. The molecule has 2 heterocycles. The summed E-state index contributed by atoms with van der Waals surface area (Å²) in [4.78, 5) is 11.0. The Bertz CT molecular complexity index is 541. The molecular weight excluding hydrogens is 281 g/mol. The van der Waals surface area contributed by atoms with Gasteiger partial charge >= 0.3 is 6.18 Å². The van der Waals surface area contributed by atoms with Gasteiger partial charge < -0.3 is 5.32 Å². The lowest BCUT2D eigenvalue weighted by Gasteiger charge is -2.10. The number of rotatable bonds is 4. The van der Waals surface area contributed by atoms with Gasteiger partial charge in [0, 0.05) is 17.6 Å². The molecule has 10 heteroatoms. The lowest BCUT2D eigenvalue weighted by Crippen LogP contribution is -2.16. The van der Waals surface area contributed by atoms with Crippen molar-refractivity contribution in [1.29, 1.82) is 0 Å². The van der Waals surface area contributed by atoms with E-state index < -0.39 is 11.9 Å². The molecule has 0 saturated carbocycles. The minimum atomic E-state index is -4.56. The first kappa shape index (κ1) is 13.5. The highest BCUT2D eigenvalue weighted by Gasteiger charge is 2.33. The Balaban J connectivity index is 2.19. The molecule has 102 valence electrons. The minimum Gasteiger partial charge on any atom is -0.363 e. The van der Waals surface area contributed by atoms with E-state index in [2.05, 4.69) is 20.3 Å². The monoisotopic (exact) mass is 290 g/mol. The van der Waals surface area contributed by atoms with Crippen LogP contribution in [-0.4, -0.2) is 15.0 Å². The van der Waals surface area contributed by atoms with E-state index in [9.17, 15) is 13.2 Å². The third-order valence-electron chi connectivity index (χ3n) is 2.05. The van der Waals surface area contributed by atoms with Crippen LogP contribution in [0.2, 0.25) is 0 Å². The second kappa shape index (κ2) is 5.36. The van der Waals surface area contributed by atoms with E-state index in [1.165, 1.54) is 11.3 Å². The number of alkyl halides is 3. The molecule has 2 rings (SSSR count). The molecule has 2 aromatic heterocycles. The summed E-state index contributed by atoms with van der Waals surface area (Å²) in [6.07, 6.45) is -2.96. The fourth-order valence-electron chi connectivity index (χ4n) is 1.25. The first-order valence-electron chi connectivity index (χ1n) is 5.04. The summed E-state index contributed by atoms with van der Waals surface area (Å²) < 4.78 is 37.8. The van der Waals surface area contributed by atoms with E-state index in [1.807, 2.05) is 5.43 Å². The molecule has 0 bridgehead atoms. The number of nitrogens with zero attached hydrogens (tertiary/aromatic N) is 3. The normalized spacial score (nSPS) is 11.4. The number of hydrogen-bond acceptors (Lipinski definition) is 7. The summed E-state index contributed by atoms with van der Waals surface area (Å²) in [5.74, 6) is 4.75. The van der Waals surface area contributed by atoms with Gasteiger partial charge in [0.1, 0.15) is 10.8 Å². The average molecular weight is 290 g/mol. The largest absolute Gasteiger partial charge is 0.433 e. The van der Waals surface area contributed by atoms with Gasteiger partial charge in [-0.15, -0.1) is 11.3 Å². The predicted octanol–water partition coefficient (Wildman–Crippen LogP) is 1.85. The highest BCUT2D eigenvalue weighted by Crippen LogP contribution is 2.29. The third kappa shape index (κ3) is 3.51. The van der Waals surface area contributed by atoms with Crippen molar-refractivity contribution in [2.24, 2.45) is 5.84 Å². The van der Waals surface area contributed by atoms with Crippen molar-refractivity contribution < 1.29 is 13.2 Å². The maximum atomic E-state index is 12.6. The van der Waals surface area contributed by atoms with Gasteiger partial charge in [-0.2, -0.15) is 18.2 Å². The van der Waals surface area contributed by atoms with Crippen LogP contribution in [0.4, 0.5) is 24.9 Å². The average Bonchev–Trinajstić information content (AvgIpc) is 2.88. The lowest BCUT2D eigenvalue weighted by molar-refractivity contribution is -0.141. The summed E-state index contributed by atoms with van der Waals surface area (Å²) in [6, 6.07) is 0.814. The van der Waals surface area contributed by atoms with Crippen LogP contribution in [0.15, 0.2) is 17.6 Å². The van der Waals surface area contributed by atoms with Crippen molar-refractivity contribution in [1.82, 2.24) is 15.0 Å². The van der Waals surface area contributed by atoms with Gasteiger partial charge in [-0.3, -0.25) is 5.43 Å². The predicted molar refractivity (Wildman–Crippen MR) is 64.3 cm³/mol. The standard InChI is InChI=1S/C9H9F3N6S/c10-9(11,12)5-3-6(17-8(16-5)18-13)15-4-7-14-1-2-19-7/h1-3H,4,13H2,(H2,15,16,17,18). The van der Waals surface area contributed by atoms with E-state index in [-0.39, 0.29) is 18.3 Å². The Morgan fingerprint density at radius 3 is 2.68 bits per heavy atom. The molecule has 0 unspecified atom stereocenters. The molecule has 0 aliphatic carbocycles. The zero-order chi connectivity index (χ0) is 13.9. The van der Waals surface area contributed by atoms with Gasteiger partial charge in [-0.05, 0) is 0 Å². The molecule has 0 atom stereocenters. The Hall–Kier alpha value is -1.94. The molecular formula is C9H9F3N6S. The second-order valence-corrected chi connectivity index (χ2v) is 4.36. The minimum absolute atomic E-state index is 0.0190. The molecule has 0 aliphatic rings. The maximum Gasteiger partial charge on any atom is 0.433 e.